The van der Waals surface area contributed by atoms with Crippen LogP contribution in [0.1, 0.15) is 36.2 Å². The number of nitrogens with one attached hydrogen (secondary N) is 1. The summed E-state index contributed by atoms with van der Waals surface area (Å²) in [5.74, 6) is -0.161. The van der Waals surface area contributed by atoms with Crippen LogP contribution in [0, 0.1) is 0 Å². The molecule has 0 aromatic carbocycles. The predicted octanol–water partition coefficient (Wildman–Crippen LogP) is 0.453. The van der Waals surface area contributed by atoms with Gasteiger partial charge in [0, 0.05) is 13.2 Å². The van der Waals surface area contributed by atoms with E-state index in [2.05, 4.69) is 10.4 Å². The molecular weight excluding hydrogens is 206 g/mol. The number of rotatable bonds is 2. The van der Waals surface area contributed by atoms with Gasteiger partial charge in [0.15, 0.2) is 0 Å². The van der Waals surface area contributed by atoms with Gasteiger partial charge < -0.3 is 10.4 Å². The van der Waals surface area contributed by atoms with E-state index in [0.29, 0.717) is 5.69 Å². The van der Waals surface area contributed by atoms with Gasteiger partial charge in [0.2, 0.25) is 0 Å². The highest BCUT2D eigenvalue weighted by molar-refractivity contribution is 5.92. The second-order valence-corrected chi connectivity index (χ2v) is 4.27. The Morgan fingerprint density at radius 1 is 1.56 bits per heavy atom. The molecule has 1 aliphatic carbocycles. The molecule has 5 nitrogen and oxygen atoms in total. The van der Waals surface area contributed by atoms with Gasteiger partial charge in [-0.1, -0.05) is 12.8 Å². The Balaban J connectivity index is 1.99. The maximum atomic E-state index is 11.9. The van der Waals surface area contributed by atoms with Gasteiger partial charge in [-0.2, -0.15) is 5.10 Å². The Kier molecular flexibility index (Phi) is 3.24. The minimum atomic E-state index is -0.411. The van der Waals surface area contributed by atoms with Crippen molar-refractivity contribution in [2.75, 3.05) is 0 Å². The summed E-state index contributed by atoms with van der Waals surface area (Å²) in [5.41, 5.74) is 0.526. The van der Waals surface area contributed by atoms with Crippen LogP contribution in [0.15, 0.2) is 12.3 Å². The first-order valence-corrected chi connectivity index (χ1v) is 5.65. The Morgan fingerprint density at radius 3 is 2.94 bits per heavy atom. The van der Waals surface area contributed by atoms with Crippen molar-refractivity contribution in [2.45, 2.75) is 37.8 Å². The van der Waals surface area contributed by atoms with E-state index >= 15 is 0 Å². The lowest BCUT2D eigenvalue weighted by molar-refractivity contribution is 0.0710. The van der Waals surface area contributed by atoms with Crippen LogP contribution in [0.2, 0.25) is 0 Å². The highest BCUT2D eigenvalue weighted by Gasteiger charge is 2.25. The van der Waals surface area contributed by atoms with E-state index in [1.165, 1.54) is 4.68 Å². The van der Waals surface area contributed by atoms with E-state index in [1.54, 1.807) is 19.3 Å². The minimum Gasteiger partial charge on any atom is -0.391 e. The van der Waals surface area contributed by atoms with Crippen LogP contribution in [-0.2, 0) is 7.05 Å². The van der Waals surface area contributed by atoms with Gasteiger partial charge in [0.05, 0.1) is 12.1 Å². The maximum Gasteiger partial charge on any atom is 0.269 e. The average molecular weight is 223 g/mol. The van der Waals surface area contributed by atoms with E-state index in [4.69, 9.17) is 0 Å². The molecule has 0 bridgehead atoms. The second kappa shape index (κ2) is 4.65. The summed E-state index contributed by atoms with van der Waals surface area (Å²) in [4.78, 5) is 11.9. The molecule has 5 heteroatoms. The number of aliphatic hydroxyl groups excluding tert-OH is 1. The molecule has 0 saturated heterocycles. The van der Waals surface area contributed by atoms with E-state index in [-0.39, 0.29) is 11.9 Å². The van der Waals surface area contributed by atoms with Crippen molar-refractivity contribution in [3.8, 4) is 0 Å². The summed E-state index contributed by atoms with van der Waals surface area (Å²) in [7, 11) is 1.73. The zero-order valence-electron chi connectivity index (χ0n) is 9.39. The molecule has 1 aliphatic rings. The standard InChI is InChI=1S/C11H17N3O2/c1-14-9(6-7-12-14)11(16)13-8-4-2-3-5-10(8)15/h6-8,10,15H,2-5H2,1H3,(H,13,16)/t8-,10-/m0/s1. The van der Waals surface area contributed by atoms with Crippen molar-refractivity contribution in [2.24, 2.45) is 7.05 Å². The highest BCUT2D eigenvalue weighted by Crippen LogP contribution is 2.18. The molecular formula is C11H17N3O2. The van der Waals surface area contributed by atoms with Gasteiger partial charge in [0.25, 0.3) is 5.91 Å². The number of hydrogen-bond acceptors (Lipinski definition) is 3. The van der Waals surface area contributed by atoms with Crippen molar-refractivity contribution in [1.29, 1.82) is 0 Å². The first-order chi connectivity index (χ1) is 7.68. The van der Waals surface area contributed by atoms with E-state index in [9.17, 15) is 9.90 Å². The normalized spacial score (nSPS) is 25.4. The minimum absolute atomic E-state index is 0.115. The third-order valence-corrected chi connectivity index (χ3v) is 3.10. The number of aromatic nitrogens is 2. The van der Waals surface area contributed by atoms with Crippen LogP contribution in [0.3, 0.4) is 0 Å². The van der Waals surface area contributed by atoms with Crippen LogP contribution < -0.4 is 5.32 Å². The Morgan fingerprint density at radius 2 is 2.31 bits per heavy atom. The van der Waals surface area contributed by atoms with Gasteiger partial charge in [-0.25, -0.2) is 0 Å². The molecule has 16 heavy (non-hydrogen) atoms. The summed E-state index contributed by atoms with van der Waals surface area (Å²) >= 11 is 0. The number of nitrogens with zero attached hydrogens (tertiary/aromatic N) is 2. The van der Waals surface area contributed by atoms with Gasteiger partial charge in [-0.15, -0.1) is 0 Å². The smallest absolute Gasteiger partial charge is 0.269 e. The van der Waals surface area contributed by atoms with Gasteiger partial charge >= 0.3 is 0 Å². The molecule has 2 N–H and O–H groups in total. The van der Waals surface area contributed by atoms with E-state index in [1.807, 2.05) is 0 Å². The van der Waals surface area contributed by atoms with Crippen LogP contribution in [0.25, 0.3) is 0 Å². The summed E-state index contributed by atoms with van der Waals surface area (Å²) in [6.45, 7) is 0. The van der Waals surface area contributed by atoms with Crippen molar-refractivity contribution >= 4 is 5.91 Å². The van der Waals surface area contributed by atoms with Crippen molar-refractivity contribution in [3.63, 3.8) is 0 Å². The number of aryl methyl sites for hydroxylation is 1. The molecule has 0 radical (unpaired) electrons. The molecule has 0 aliphatic heterocycles. The summed E-state index contributed by atoms with van der Waals surface area (Å²) in [6.07, 6.45) is 4.91. The third-order valence-electron chi connectivity index (χ3n) is 3.10. The number of aliphatic hydroxyl groups is 1. The molecule has 1 saturated carbocycles. The fourth-order valence-electron chi connectivity index (χ4n) is 2.12. The fraction of sp³-hybridized carbons (Fsp3) is 0.636. The molecule has 1 amide bonds. The van der Waals surface area contributed by atoms with Crippen LogP contribution in [0.4, 0.5) is 0 Å². The fourth-order valence-corrected chi connectivity index (χ4v) is 2.12. The third kappa shape index (κ3) is 2.24. The summed E-state index contributed by atoms with van der Waals surface area (Å²) < 4.78 is 1.53. The van der Waals surface area contributed by atoms with Gasteiger partial charge in [0.1, 0.15) is 5.69 Å². The molecule has 2 rings (SSSR count). The summed E-state index contributed by atoms with van der Waals surface area (Å²) in [5, 5.41) is 16.6. The lowest BCUT2D eigenvalue weighted by Crippen LogP contribution is -2.45. The largest absolute Gasteiger partial charge is 0.391 e. The van der Waals surface area contributed by atoms with E-state index < -0.39 is 6.10 Å². The highest BCUT2D eigenvalue weighted by atomic mass is 16.3. The SMILES string of the molecule is Cn1nccc1C(=O)N[C@H]1CCCC[C@@H]1O. The van der Waals surface area contributed by atoms with Crippen molar-refractivity contribution in [3.05, 3.63) is 18.0 Å². The molecule has 0 spiro atoms. The predicted molar refractivity (Wildman–Crippen MR) is 58.9 cm³/mol. The molecule has 0 unspecified atom stereocenters. The molecule has 88 valence electrons. The average Bonchev–Trinajstić information content (AvgIpc) is 2.68. The Labute approximate surface area is 94.5 Å². The molecule has 1 aromatic heterocycles. The molecule has 1 aromatic rings. The van der Waals surface area contributed by atoms with Gasteiger partial charge in [-0.3, -0.25) is 9.48 Å². The lowest BCUT2D eigenvalue weighted by Gasteiger charge is -2.28. The van der Waals surface area contributed by atoms with Crippen LogP contribution in [-0.4, -0.2) is 32.9 Å². The molecule has 2 atom stereocenters. The quantitative estimate of drug-likeness (QED) is 0.765. The lowest BCUT2D eigenvalue weighted by atomic mass is 9.92. The Bertz CT molecular complexity index is 375. The topological polar surface area (TPSA) is 67.2 Å². The van der Waals surface area contributed by atoms with Crippen LogP contribution in [0.5, 0.6) is 0 Å². The summed E-state index contributed by atoms with van der Waals surface area (Å²) in [6, 6.07) is 1.56. The number of carbonyl (C=O) groups is 1. The first kappa shape index (κ1) is 11.1. The maximum absolute atomic E-state index is 11.9. The monoisotopic (exact) mass is 223 g/mol. The molecule has 1 heterocycles. The van der Waals surface area contributed by atoms with Crippen molar-refractivity contribution < 1.29 is 9.90 Å². The second-order valence-electron chi connectivity index (χ2n) is 4.27. The van der Waals surface area contributed by atoms with Crippen LogP contribution >= 0.6 is 0 Å². The first-order valence-electron chi connectivity index (χ1n) is 5.65. The zero-order chi connectivity index (χ0) is 11.5. The zero-order valence-corrected chi connectivity index (χ0v) is 9.39. The number of carbonyl (C=O) groups excluding carboxylic acids is 1. The van der Waals surface area contributed by atoms with Crippen molar-refractivity contribution in [1.82, 2.24) is 15.1 Å². The molecule has 1 fully saturated rings. The number of amides is 1. The van der Waals surface area contributed by atoms with Gasteiger partial charge in [-0.05, 0) is 18.9 Å². The van der Waals surface area contributed by atoms with E-state index in [0.717, 1.165) is 25.7 Å². The Hall–Kier alpha value is -1.36. The number of hydrogen-bond donors (Lipinski definition) is 2.